The molecule has 0 bridgehead atoms. The van der Waals surface area contributed by atoms with Crippen LogP contribution >= 0.6 is 0 Å². The van der Waals surface area contributed by atoms with Crippen molar-refractivity contribution in [3.8, 4) is 0 Å². The van der Waals surface area contributed by atoms with Crippen LogP contribution < -0.4 is 10.6 Å². The van der Waals surface area contributed by atoms with Gasteiger partial charge in [-0.25, -0.2) is 4.39 Å². The summed E-state index contributed by atoms with van der Waals surface area (Å²) in [4.78, 5) is 2.29. The average Bonchev–Trinajstić information content (AvgIpc) is 2.76. The predicted molar refractivity (Wildman–Crippen MR) is 67.4 cm³/mol. The number of rotatable bonds is 2. The fourth-order valence-corrected chi connectivity index (χ4v) is 3.42. The van der Waals surface area contributed by atoms with Crippen LogP contribution in [0, 0.1) is 11.2 Å². The Morgan fingerprint density at radius 1 is 1.24 bits per heavy atom. The molecule has 1 aliphatic heterocycles. The van der Waals surface area contributed by atoms with Crippen molar-refractivity contribution in [3.05, 3.63) is 29.6 Å². The van der Waals surface area contributed by atoms with Crippen molar-refractivity contribution >= 4 is 5.69 Å². The van der Waals surface area contributed by atoms with Crippen LogP contribution in [0.15, 0.2) is 18.2 Å². The number of nitrogens with two attached hydrogens (primary N) is 1. The number of hydrogen-bond donors (Lipinski definition) is 1. The van der Waals surface area contributed by atoms with Gasteiger partial charge in [0.1, 0.15) is 5.82 Å². The van der Waals surface area contributed by atoms with E-state index in [2.05, 4.69) is 4.90 Å². The first kappa shape index (κ1) is 11.0. The van der Waals surface area contributed by atoms with Gasteiger partial charge in [-0.15, -0.1) is 0 Å². The SMILES string of the molecule is NCc1c(F)cccc1N1CC2(CCCC2)C1. The number of hydrogen-bond acceptors (Lipinski definition) is 2. The minimum Gasteiger partial charge on any atom is -0.370 e. The van der Waals surface area contributed by atoms with Gasteiger partial charge in [-0.3, -0.25) is 0 Å². The van der Waals surface area contributed by atoms with E-state index < -0.39 is 0 Å². The Morgan fingerprint density at radius 2 is 1.94 bits per heavy atom. The lowest BCUT2D eigenvalue weighted by molar-refractivity contribution is 0.221. The number of benzene rings is 1. The Morgan fingerprint density at radius 3 is 2.59 bits per heavy atom. The summed E-state index contributed by atoms with van der Waals surface area (Å²) in [5.41, 5.74) is 7.86. The van der Waals surface area contributed by atoms with Crippen LogP contribution in [0.3, 0.4) is 0 Å². The second kappa shape index (κ2) is 3.98. The van der Waals surface area contributed by atoms with Gasteiger partial charge in [0.15, 0.2) is 0 Å². The van der Waals surface area contributed by atoms with Gasteiger partial charge in [0.05, 0.1) is 0 Å². The summed E-state index contributed by atoms with van der Waals surface area (Å²) in [7, 11) is 0. The highest BCUT2D eigenvalue weighted by Crippen LogP contribution is 2.47. The van der Waals surface area contributed by atoms with Gasteiger partial charge >= 0.3 is 0 Å². The molecular weight excluding hydrogens is 215 g/mol. The van der Waals surface area contributed by atoms with Crippen LogP contribution in [-0.4, -0.2) is 13.1 Å². The normalized spacial score (nSPS) is 21.9. The Hall–Kier alpha value is -1.09. The molecule has 3 rings (SSSR count). The van der Waals surface area contributed by atoms with Gasteiger partial charge in [-0.2, -0.15) is 0 Å². The van der Waals surface area contributed by atoms with Crippen molar-refractivity contribution in [1.82, 2.24) is 0 Å². The molecule has 2 fully saturated rings. The van der Waals surface area contributed by atoms with Crippen LogP contribution in [0.1, 0.15) is 31.2 Å². The summed E-state index contributed by atoms with van der Waals surface area (Å²) in [5.74, 6) is -0.169. The fourth-order valence-electron chi connectivity index (χ4n) is 3.42. The maximum absolute atomic E-state index is 13.6. The first-order chi connectivity index (χ1) is 8.24. The molecule has 17 heavy (non-hydrogen) atoms. The summed E-state index contributed by atoms with van der Waals surface area (Å²) in [6.07, 6.45) is 5.41. The Balaban J connectivity index is 1.80. The Kier molecular flexibility index (Phi) is 2.58. The van der Waals surface area contributed by atoms with Gasteiger partial charge in [-0.1, -0.05) is 18.9 Å². The molecule has 1 aromatic carbocycles. The number of nitrogens with zero attached hydrogens (tertiary/aromatic N) is 1. The highest BCUT2D eigenvalue weighted by Gasteiger charge is 2.45. The zero-order valence-corrected chi connectivity index (χ0v) is 10.1. The molecule has 2 N–H and O–H groups in total. The second-order valence-electron chi connectivity index (χ2n) is 5.50. The van der Waals surface area contributed by atoms with Crippen LogP contribution in [0.4, 0.5) is 10.1 Å². The van der Waals surface area contributed by atoms with Gasteiger partial charge in [0.25, 0.3) is 0 Å². The maximum atomic E-state index is 13.6. The van der Waals surface area contributed by atoms with E-state index >= 15 is 0 Å². The highest BCUT2D eigenvalue weighted by atomic mass is 19.1. The summed E-state index contributed by atoms with van der Waals surface area (Å²) in [6.45, 7) is 2.46. The van der Waals surface area contributed by atoms with Crippen molar-refractivity contribution in [2.24, 2.45) is 11.1 Å². The van der Waals surface area contributed by atoms with E-state index in [0.717, 1.165) is 18.8 Å². The van der Waals surface area contributed by atoms with Gasteiger partial charge < -0.3 is 10.6 Å². The van der Waals surface area contributed by atoms with Gasteiger partial charge in [0, 0.05) is 36.3 Å². The largest absolute Gasteiger partial charge is 0.370 e. The molecule has 1 saturated heterocycles. The first-order valence-electron chi connectivity index (χ1n) is 6.47. The van der Waals surface area contributed by atoms with Crippen molar-refractivity contribution in [2.45, 2.75) is 32.2 Å². The van der Waals surface area contributed by atoms with E-state index in [1.807, 2.05) is 6.07 Å². The third-order valence-electron chi connectivity index (χ3n) is 4.36. The van der Waals surface area contributed by atoms with Crippen molar-refractivity contribution < 1.29 is 4.39 Å². The highest BCUT2D eigenvalue weighted by molar-refractivity contribution is 5.56. The van der Waals surface area contributed by atoms with Crippen LogP contribution in [0.25, 0.3) is 0 Å². The summed E-state index contributed by atoms with van der Waals surface area (Å²) in [5, 5.41) is 0. The lowest BCUT2D eigenvalue weighted by Gasteiger charge is -2.50. The molecule has 0 unspecified atom stereocenters. The molecule has 2 nitrogen and oxygen atoms in total. The van der Waals surface area contributed by atoms with Crippen molar-refractivity contribution in [2.75, 3.05) is 18.0 Å². The fraction of sp³-hybridized carbons (Fsp3) is 0.571. The van der Waals surface area contributed by atoms with Crippen LogP contribution in [-0.2, 0) is 6.54 Å². The molecule has 1 aromatic rings. The van der Waals surface area contributed by atoms with E-state index in [0.29, 0.717) is 11.0 Å². The molecular formula is C14H19FN2. The molecule has 0 aromatic heterocycles. The zero-order valence-electron chi connectivity index (χ0n) is 10.1. The lowest BCUT2D eigenvalue weighted by Crippen LogP contribution is -2.55. The van der Waals surface area contributed by atoms with Crippen LogP contribution in [0.2, 0.25) is 0 Å². The molecule has 0 amide bonds. The lowest BCUT2D eigenvalue weighted by atomic mass is 9.78. The smallest absolute Gasteiger partial charge is 0.129 e. The molecule has 0 radical (unpaired) electrons. The van der Waals surface area contributed by atoms with E-state index in [-0.39, 0.29) is 12.4 Å². The molecule has 1 spiro atoms. The number of anilines is 1. The molecule has 1 saturated carbocycles. The molecule has 1 heterocycles. The van der Waals surface area contributed by atoms with Crippen molar-refractivity contribution in [3.63, 3.8) is 0 Å². The second-order valence-corrected chi connectivity index (χ2v) is 5.50. The summed E-state index contributed by atoms with van der Waals surface area (Å²) >= 11 is 0. The summed E-state index contributed by atoms with van der Waals surface area (Å²) in [6, 6.07) is 5.27. The minimum absolute atomic E-state index is 0.169. The maximum Gasteiger partial charge on any atom is 0.129 e. The quantitative estimate of drug-likeness (QED) is 0.852. The minimum atomic E-state index is -0.169. The molecule has 92 valence electrons. The molecule has 2 aliphatic rings. The molecule has 0 atom stereocenters. The third kappa shape index (κ3) is 1.73. The first-order valence-corrected chi connectivity index (χ1v) is 6.47. The van der Waals surface area contributed by atoms with E-state index in [1.165, 1.54) is 31.7 Å². The Bertz CT molecular complexity index is 416. The topological polar surface area (TPSA) is 29.3 Å². The standard InChI is InChI=1S/C14H19FN2/c15-12-4-3-5-13(11(12)8-16)17-9-14(10-17)6-1-2-7-14/h3-5H,1-2,6-10,16H2. The van der Waals surface area contributed by atoms with E-state index in [1.54, 1.807) is 6.07 Å². The summed E-state index contributed by atoms with van der Waals surface area (Å²) < 4.78 is 13.6. The average molecular weight is 234 g/mol. The van der Waals surface area contributed by atoms with Crippen LogP contribution in [0.5, 0.6) is 0 Å². The molecule has 1 aliphatic carbocycles. The van der Waals surface area contributed by atoms with Gasteiger partial charge in [-0.05, 0) is 25.0 Å². The Labute approximate surface area is 102 Å². The monoisotopic (exact) mass is 234 g/mol. The van der Waals surface area contributed by atoms with Gasteiger partial charge in [0.2, 0.25) is 0 Å². The van der Waals surface area contributed by atoms with E-state index in [4.69, 9.17) is 5.73 Å². The van der Waals surface area contributed by atoms with E-state index in [9.17, 15) is 4.39 Å². The van der Waals surface area contributed by atoms with Crippen molar-refractivity contribution in [1.29, 1.82) is 0 Å². The third-order valence-corrected chi connectivity index (χ3v) is 4.36. The zero-order chi connectivity index (χ0) is 11.9. The predicted octanol–water partition coefficient (Wildman–Crippen LogP) is 2.66. The number of halogens is 1. The molecule has 3 heteroatoms.